The number of nitriles is 1. The van der Waals surface area contributed by atoms with Gasteiger partial charge in [-0.25, -0.2) is 4.52 Å². The van der Waals surface area contributed by atoms with Gasteiger partial charge in [-0.15, -0.1) is 0 Å². The van der Waals surface area contributed by atoms with Crippen molar-refractivity contribution in [1.82, 2.24) is 19.4 Å². The van der Waals surface area contributed by atoms with E-state index in [-0.39, 0.29) is 5.57 Å². The Balaban J connectivity index is 1.79. The van der Waals surface area contributed by atoms with E-state index in [1.165, 1.54) is 6.20 Å². The highest BCUT2D eigenvalue weighted by Gasteiger charge is 2.12. The van der Waals surface area contributed by atoms with E-state index in [0.29, 0.717) is 22.2 Å². The maximum atomic E-state index is 11.3. The van der Waals surface area contributed by atoms with E-state index in [1.807, 2.05) is 25.5 Å². The summed E-state index contributed by atoms with van der Waals surface area (Å²) in [4.78, 5) is 11.3. The van der Waals surface area contributed by atoms with Crippen molar-refractivity contribution in [3.8, 4) is 29.0 Å². The molecule has 7 nitrogen and oxygen atoms in total. The third-order valence-electron chi connectivity index (χ3n) is 4.64. The zero-order valence-electron chi connectivity index (χ0n) is 16.1. The Morgan fingerprint density at radius 2 is 1.83 bits per heavy atom. The number of hydrogen-bond acceptors (Lipinski definition) is 4. The Kier molecular flexibility index (Phi) is 4.63. The Bertz CT molecular complexity index is 1400. The molecule has 0 atom stereocenters. The molecule has 2 N–H and O–H groups in total. The number of nitrogens with two attached hydrogens (primary N) is 1. The van der Waals surface area contributed by atoms with Crippen LogP contribution in [0.15, 0.2) is 61.7 Å². The number of benzene rings is 1. The first-order chi connectivity index (χ1) is 14.5. The van der Waals surface area contributed by atoms with Crippen LogP contribution in [0.25, 0.3) is 22.2 Å². The lowest BCUT2D eigenvalue weighted by atomic mass is 10.0. The van der Waals surface area contributed by atoms with Gasteiger partial charge in [-0.1, -0.05) is 30.6 Å². The Labute approximate surface area is 172 Å². The van der Waals surface area contributed by atoms with Crippen LogP contribution in [0, 0.1) is 23.2 Å². The van der Waals surface area contributed by atoms with E-state index in [4.69, 9.17) is 5.73 Å². The summed E-state index contributed by atoms with van der Waals surface area (Å²) in [7, 11) is 1.85. The normalized spacial score (nSPS) is 10.3. The van der Waals surface area contributed by atoms with Gasteiger partial charge in [0.05, 0.1) is 29.0 Å². The van der Waals surface area contributed by atoms with Crippen molar-refractivity contribution in [3.63, 3.8) is 0 Å². The van der Waals surface area contributed by atoms with Gasteiger partial charge >= 0.3 is 0 Å². The van der Waals surface area contributed by atoms with Crippen molar-refractivity contribution >= 4 is 17.0 Å². The summed E-state index contributed by atoms with van der Waals surface area (Å²) in [6, 6.07) is 11.2. The van der Waals surface area contributed by atoms with Gasteiger partial charge < -0.3 is 5.73 Å². The number of carbonyl (C=O) groups is 1. The van der Waals surface area contributed by atoms with Crippen molar-refractivity contribution in [2.75, 3.05) is 0 Å². The predicted molar refractivity (Wildman–Crippen MR) is 113 cm³/mol. The zero-order chi connectivity index (χ0) is 21.3. The van der Waals surface area contributed by atoms with Crippen LogP contribution in [0.3, 0.4) is 0 Å². The number of hydrogen-bond donors (Lipinski definition) is 1. The third kappa shape index (κ3) is 3.44. The summed E-state index contributed by atoms with van der Waals surface area (Å²) in [5.74, 6) is 5.69. The van der Waals surface area contributed by atoms with Crippen LogP contribution in [0.1, 0.15) is 22.3 Å². The molecule has 0 saturated heterocycles. The summed E-state index contributed by atoms with van der Waals surface area (Å²) in [6.45, 7) is 3.68. The minimum atomic E-state index is -0.562. The first kappa shape index (κ1) is 18.7. The molecule has 0 bridgehead atoms. The first-order valence-electron chi connectivity index (χ1n) is 8.98. The molecule has 3 aromatic heterocycles. The summed E-state index contributed by atoms with van der Waals surface area (Å²) in [5, 5.41) is 17.9. The van der Waals surface area contributed by atoms with E-state index >= 15 is 0 Å². The monoisotopic (exact) mass is 392 g/mol. The van der Waals surface area contributed by atoms with Crippen molar-refractivity contribution < 1.29 is 4.79 Å². The van der Waals surface area contributed by atoms with Gasteiger partial charge in [0.1, 0.15) is 6.07 Å². The molecule has 1 aromatic carbocycles. The number of aryl methyl sites for hydroxylation is 1. The fourth-order valence-electron chi connectivity index (χ4n) is 3.06. The maximum absolute atomic E-state index is 11.3. The smallest absolute Gasteiger partial charge is 0.248 e. The molecule has 0 aliphatic rings. The number of rotatable bonds is 3. The summed E-state index contributed by atoms with van der Waals surface area (Å²) in [6.07, 6.45) is 7.04. The molecule has 0 aliphatic heterocycles. The highest BCUT2D eigenvalue weighted by Crippen LogP contribution is 2.24. The quantitative estimate of drug-likeness (QED) is 0.427. The molecule has 0 fully saturated rings. The number of aromatic nitrogens is 4. The lowest BCUT2D eigenvalue weighted by molar-refractivity contribution is -0.112. The SMILES string of the molecule is C=C(C(N)=O)c1ccc(C#Cc2cc(-c3cnn(C)c3)cn3ncc(C#N)c23)cc1. The second-order valence-electron chi connectivity index (χ2n) is 6.68. The molecule has 4 aromatic rings. The second kappa shape index (κ2) is 7.42. The van der Waals surface area contributed by atoms with Gasteiger partial charge in [0.15, 0.2) is 0 Å². The molecule has 144 valence electrons. The summed E-state index contributed by atoms with van der Waals surface area (Å²) >= 11 is 0. The number of primary amides is 1. The molecule has 0 saturated carbocycles. The van der Waals surface area contributed by atoms with E-state index in [2.05, 4.69) is 34.7 Å². The molecule has 1 amide bonds. The molecule has 0 spiro atoms. The fourth-order valence-corrected chi connectivity index (χ4v) is 3.06. The zero-order valence-corrected chi connectivity index (χ0v) is 16.1. The van der Waals surface area contributed by atoms with Crippen LogP contribution in [-0.2, 0) is 11.8 Å². The Hall–Kier alpha value is -4.62. The number of carbonyl (C=O) groups excluding carboxylic acids is 1. The van der Waals surface area contributed by atoms with Gasteiger partial charge in [-0.05, 0) is 23.8 Å². The molecule has 7 heteroatoms. The average Bonchev–Trinajstić information content (AvgIpc) is 3.37. The van der Waals surface area contributed by atoms with Crippen molar-refractivity contribution in [1.29, 1.82) is 5.26 Å². The molecule has 0 radical (unpaired) electrons. The largest absolute Gasteiger partial charge is 0.366 e. The highest BCUT2D eigenvalue weighted by molar-refractivity contribution is 6.17. The molecule has 3 heterocycles. The van der Waals surface area contributed by atoms with Crippen LogP contribution in [-0.4, -0.2) is 25.3 Å². The Morgan fingerprint density at radius 3 is 2.47 bits per heavy atom. The van der Waals surface area contributed by atoms with Crippen molar-refractivity contribution in [2.24, 2.45) is 12.8 Å². The lowest BCUT2D eigenvalue weighted by Crippen LogP contribution is -2.11. The van der Waals surface area contributed by atoms with Gasteiger partial charge in [0, 0.05) is 41.7 Å². The standard InChI is InChI=1S/C23H16N6O/c1-15(23(25)30)17-6-3-16(4-7-17)5-8-18-9-19(21-12-26-28(2)13-21)14-29-22(18)20(10-24)11-27-29/h3-4,6-7,9,11-14H,1H2,2H3,(H2,25,30). The predicted octanol–water partition coefficient (Wildman–Crippen LogP) is 2.50. The van der Waals surface area contributed by atoms with Crippen molar-refractivity contribution in [2.45, 2.75) is 0 Å². The van der Waals surface area contributed by atoms with Gasteiger partial charge in [0.2, 0.25) is 5.91 Å². The topological polar surface area (TPSA) is 102 Å². The third-order valence-corrected chi connectivity index (χ3v) is 4.64. The molecule has 0 unspecified atom stereocenters. The van der Waals surface area contributed by atoms with Crippen LogP contribution in [0.2, 0.25) is 0 Å². The van der Waals surface area contributed by atoms with E-state index in [9.17, 15) is 10.1 Å². The van der Waals surface area contributed by atoms with Gasteiger partial charge in [0.25, 0.3) is 0 Å². The molecular weight excluding hydrogens is 376 g/mol. The average molecular weight is 392 g/mol. The van der Waals surface area contributed by atoms with Crippen molar-refractivity contribution in [3.05, 3.63) is 84.0 Å². The lowest BCUT2D eigenvalue weighted by Gasteiger charge is -2.03. The minimum Gasteiger partial charge on any atom is -0.366 e. The number of pyridine rings is 1. The molecule has 30 heavy (non-hydrogen) atoms. The summed E-state index contributed by atoms with van der Waals surface area (Å²) in [5.41, 5.74) is 10.5. The highest BCUT2D eigenvalue weighted by atomic mass is 16.1. The van der Waals surface area contributed by atoms with E-state index in [0.717, 1.165) is 16.7 Å². The van der Waals surface area contributed by atoms with Crippen LogP contribution in [0.5, 0.6) is 0 Å². The molecular formula is C23H16N6O. The first-order valence-corrected chi connectivity index (χ1v) is 8.98. The summed E-state index contributed by atoms with van der Waals surface area (Å²) < 4.78 is 3.38. The molecule has 0 aliphatic carbocycles. The number of amides is 1. The van der Waals surface area contributed by atoms with Crippen LogP contribution < -0.4 is 5.73 Å². The van der Waals surface area contributed by atoms with E-state index < -0.39 is 5.91 Å². The van der Waals surface area contributed by atoms with Gasteiger partial charge in [-0.3, -0.25) is 9.48 Å². The van der Waals surface area contributed by atoms with E-state index in [1.54, 1.807) is 39.7 Å². The van der Waals surface area contributed by atoms with Crippen LogP contribution >= 0.6 is 0 Å². The number of nitrogens with zero attached hydrogens (tertiary/aromatic N) is 5. The number of fused-ring (bicyclic) bond motifs is 1. The maximum Gasteiger partial charge on any atom is 0.248 e. The Morgan fingerprint density at radius 1 is 1.07 bits per heavy atom. The second-order valence-corrected chi connectivity index (χ2v) is 6.68. The van der Waals surface area contributed by atoms with Crippen LogP contribution in [0.4, 0.5) is 0 Å². The fraction of sp³-hybridized carbons (Fsp3) is 0.0435. The minimum absolute atomic E-state index is 0.248. The molecule has 4 rings (SSSR count). The van der Waals surface area contributed by atoms with Gasteiger partial charge in [-0.2, -0.15) is 15.5 Å².